The third kappa shape index (κ3) is 4.81. The van der Waals surface area contributed by atoms with Crippen LogP contribution in [0.3, 0.4) is 0 Å². The van der Waals surface area contributed by atoms with E-state index in [1.807, 2.05) is 17.7 Å². The van der Waals surface area contributed by atoms with Crippen molar-refractivity contribution < 1.29 is 9.59 Å². The van der Waals surface area contributed by atoms with Crippen LogP contribution in [0.2, 0.25) is 15.1 Å². The van der Waals surface area contributed by atoms with Crippen molar-refractivity contribution in [1.82, 2.24) is 9.47 Å². The molecule has 8 heteroatoms. The number of Topliss-reactive ketones (excluding diaryl/α,β-unsaturated/α-hetero) is 1. The summed E-state index contributed by atoms with van der Waals surface area (Å²) in [7, 11) is 1.90. The first-order valence-electron chi connectivity index (χ1n) is 11.1. The van der Waals surface area contributed by atoms with E-state index in [1.165, 1.54) is 0 Å². The van der Waals surface area contributed by atoms with Crippen molar-refractivity contribution in [2.45, 2.75) is 32.6 Å². The number of halogens is 3. The number of hydrogen-bond donors (Lipinski definition) is 0. The van der Waals surface area contributed by atoms with Crippen molar-refractivity contribution in [2.24, 2.45) is 13.0 Å². The number of piperidine rings is 1. The molecule has 1 saturated heterocycles. The van der Waals surface area contributed by atoms with Crippen LogP contribution >= 0.6 is 34.8 Å². The maximum absolute atomic E-state index is 13.3. The Kier molecular flexibility index (Phi) is 7.23. The number of benzene rings is 2. The third-order valence-corrected chi connectivity index (χ3v) is 7.69. The number of likely N-dealkylation sites (tertiary alicyclic amines) is 1. The maximum atomic E-state index is 13.3. The highest BCUT2D eigenvalue weighted by Gasteiger charge is 2.27. The van der Waals surface area contributed by atoms with Gasteiger partial charge in [-0.05, 0) is 61.6 Å². The molecule has 0 N–H and O–H groups in total. The molecule has 1 fully saturated rings. The molecule has 3 aromatic rings. The number of amides is 1. The maximum Gasteiger partial charge on any atom is 0.255 e. The fourth-order valence-electron chi connectivity index (χ4n) is 4.70. The first-order valence-corrected chi connectivity index (χ1v) is 12.3. The SMILES string of the molecule is CC(=O)CC1CCN(C(=O)c2ccc(Cl)c(Cc3cc4c(Cl)cc(C#N)cc4n3C)c2Cl)CC1. The van der Waals surface area contributed by atoms with Gasteiger partial charge in [0.05, 0.1) is 32.8 Å². The third-order valence-electron chi connectivity index (χ3n) is 6.59. The molecule has 176 valence electrons. The summed E-state index contributed by atoms with van der Waals surface area (Å²) < 4.78 is 1.96. The molecule has 1 amide bonds. The number of carbonyl (C=O) groups excluding carboxylic acids is 2. The molecule has 0 saturated carbocycles. The van der Waals surface area contributed by atoms with E-state index in [9.17, 15) is 14.9 Å². The molecule has 1 aliphatic rings. The number of fused-ring (bicyclic) bond motifs is 1. The highest BCUT2D eigenvalue weighted by Crippen LogP contribution is 2.34. The largest absolute Gasteiger partial charge is 0.347 e. The standard InChI is InChI=1S/C26H24Cl3N3O2/c1-15(33)9-16-5-7-32(8-6-16)26(34)19-3-4-22(27)21(25(19)29)13-18-12-20-23(28)10-17(14-30)11-24(20)31(18)2/h3-4,10-12,16H,5-9,13H2,1-2H3. The van der Waals surface area contributed by atoms with Gasteiger partial charge < -0.3 is 14.3 Å². The van der Waals surface area contributed by atoms with Gasteiger partial charge in [-0.25, -0.2) is 0 Å². The lowest BCUT2D eigenvalue weighted by molar-refractivity contribution is -0.118. The van der Waals surface area contributed by atoms with Crippen LogP contribution in [0.1, 0.15) is 53.4 Å². The van der Waals surface area contributed by atoms with Gasteiger partial charge in [-0.2, -0.15) is 5.26 Å². The van der Waals surface area contributed by atoms with Crippen molar-refractivity contribution in [1.29, 1.82) is 5.26 Å². The molecule has 0 radical (unpaired) electrons. The van der Waals surface area contributed by atoms with Crippen LogP contribution in [0, 0.1) is 17.2 Å². The van der Waals surface area contributed by atoms with E-state index in [2.05, 4.69) is 6.07 Å². The van der Waals surface area contributed by atoms with Crippen molar-refractivity contribution in [3.8, 4) is 6.07 Å². The van der Waals surface area contributed by atoms with Gasteiger partial charge in [0.15, 0.2) is 0 Å². The van der Waals surface area contributed by atoms with Crippen LogP contribution in [-0.4, -0.2) is 34.2 Å². The normalized spacial score (nSPS) is 14.4. The minimum atomic E-state index is -0.122. The molecule has 0 atom stereocenters. The Balaban J connectivity index is 1.61. The molecular formula is C26H24Cl3N3O2. The molecule has 2 aromatic carbocycles. The molecule has 34 heavy (non-hydrogen) atoms. The monoisotopic (exact) mass is 515 g/mol. The zero-order chi connectivity index (χ0) is 24.6. The number of aromatic nitrogens is 1. The van der Waals surface area contributed by atoms with Crippen molar-refractivity contribution in [3.63, 3.8) is 0 Å². The number of nitrogens with zero attached hydrogens (tertiary/aromatic N) is 3. The number of nitriles is 1. The summed E-state index contributed by atoms with van der Waals surface area (Å²) in [4.78, 5) is 26.5. The van der Waals surface area contributed by atoms with Crippen molar-refractivity contribution in [3.05, 3.63) is 67.8 Å². The average molecular weight is 517 g/mol. The molecule has 4 rings (SSSR count). The predicted molar refractivity (Wildman–Crippen MR) is 136 cm³/mol. The summed E-state index contributed by atoms with van der Waals surface area (Å²) >= 11 is 19.7. The van der Waals surface area contributed by atoms with Crippen LogP contribution in [0.25, 0.3) is 10.9 Å². The van der Waals surface area contributed by atoms with E-state index in [-0.39, 0.29) is 11.7 Å². The zero-order valence-corrected chi connectivity index (χ0v) is 21.3. The van der Waals surface area contributed by atoms with E-state index < -0.39 is 0 Å². The van der Waals surface area contributed by atoms with Gasteiger partial charge in [0.1, 0.15) is 5.78 Å². The van der Waals surface area contributed by atoms with Gasteiger partial charge in [0.2, 0.25) is 0 Å². The van der Waals surface area contributed by atoms with Gasteiger partial charge in [0, 0.05) is 49.1 Å². The van der Waals surface area contributed by atoms with Gasteiger partial charge in [-0.3, -0.25) is 4.79 Å². The minimum absolute atomic E-state index is 0.122. The minimum Gasteiger partial charge on any atom is -0.347 e. The van der Waals surface area contributed by atoms with E-state index in [0.717, 1.165) is 29.4 Å². The summed E-state index contributed by atoms with van der Waals surface area (Å²) in [5, 5.41) is 11.4. The van der Waals surface area contributed by atoms with Crippen LogP contribution in [-0.2, 0) is 18.3 Å². The number of ketones is 1. The van der Waals surface area contributed by atoms with E-state index in [4.69, 9.17) is 34.8 Å². The first-order chi connectivity index (χ1) is 16.2. The van der Waals surface area contributed by atoms with Crippen LogP contribution in [0.5, 0.6) is 0 Å². The molecule has 1 aliphatic heterocycles. The van der Waals surface area contributed by atoms with Gasteiger partial charge in [-0.1, -0.05) is 34.8 Å². The Morgan fingerprint density at radius 3 is 2.44 bits per heavy atom. The van der Waals surface area contributed by atoms with E-state index >= 15 is 0 Å². The Morgan fingerprint density at radius 2 is 1.79 bits per heavy atom. The first kappa shape index (κ1) is 24.6. The number of carbonyl (C=O) groups is 2. The fourth-order valence-corrected chi connectivity index (χ4v) is 5.55. The van der Waals surface area contributed by atoms with Gasteiger partial charge >= 0.3 is 0 Å². The fraction of sp³-hybridized carbons (Fsp3) is 0.346. The smallest absolute Gasteiger partial charge is 0.255 e. The second-order valence-electron chi connectivity index (χ2n) is 8.90. The van der Waals surface area contributed by atoms with Crippen molar-refractivity contribution >= 4 is 57.4 Å². The number of hydrogen-bond acceptors (Lipinski definition) is 3. The summed E-state index contributed by atoms with van der Waals surface area (Å²) in [6.07, 6.45) is 2.59. The molecule has 1 aromatic heterocycles. The lowest BCUT2D eigenvalue weighted by Gasteiger charge is -2.32. The highest BCUT2D eigenvalue weighted by molar-refractivity contribution is 6.38. The Hall–Kier alpha value is -2.52. The van der Waals surface area contributed by atoms with Gasteiger partial charge in [-0.15, -0.1) is 0 Å². The topological polar surface area (TPSA) is 66.1 Å². The van der Waals surface area contributed by atoms with E-state index in [1.54, 1.807) is 36.1 Å². The lowest BCUT2D eigenvalue weighted by Crippen LogP contribution is -2.39. The Morgan fingerprint density at radius 1 is 1.09 bits per heavy atom. The summed E-state index contributed by atoms with van der Waals surface area (Å²) in [5.41, 5.74) is 3.33. The zero-order valence-electron chi connectivity index (χ0n) is 19.0. The molecule has 0 aliphatic carbocycles. The molecule has 0 unspecified atom stereocenters. The number of aryl methyl sites for hydroxylation is 1. The predicted octanol–water partition coefficient (Wildman–Crippen LogP) is 6.43. The quantitative estimate of drug-likeness (QED) is 0.392. The molecule has 0 spiro atoms. The lowest BCUT2D eigenvalue weighted by atomic mass is 9.91. The van der Waals surface area contributed by atoms with Crippen LogP contribution in [0.4, 0.5) is 0 Å². The summed E-state index contributed by atoms with van der Waals surface area (Å²) in [6, 6.07) is 10.9. The molecule has 0 bridgehead atoms. The highest BCUT2D eigenvalue weighted by atomic mass is 35.5. The molecule has 2 heterocycles. The molecule has 5 nitrogen and oxygen atoms in total. The number of rotatable bonds is 5. The Labute approximate surface area is 213 Å². The Bertz CT molecular complexity index is 1330. The van der Waals surface area contributed by atoms with Crippen molar-refractivity contribution in [2.75, 3.05) is 13.1 Å². The van der Waals surface area contributed by atoms with Crippen LogP contribution in [0.15, 0.2) is 30.3 Å². The van der Waals surface area contributed by atoms with E-state index in [0.29, 0.717) is 63.6 Å². The summed E-state index contributed by atoms with van der Waals surface area (Å²) in [5.74, 6) is 0.397. The summed E-state index contributed by atoms with van der Waals surface area (Å²) in [6.45, 7) is 2.82. The average Bonchev–Trinajstić information content (AvgIpc) is 3.12. The van der Waals surface area contributed by atoms with Crippen LogP contribution < -0.4 is 0 Å². The van der Waals surface area contributed by atoms with Gasteiger partial charge in [0.25, 0.3) is 5.91 Å². The molecular weight excluding hydrogens is 493 g/mol. The second-order valence-corrected chi connectivity index (χ2v) is 10.1. The second kappa shape index (κ2) is 10.00.